The summed E-state index contributed by atoms with van der Waals surface area (Å²) in [6.45, 7) is 2.20. The molecule has 0 radical (unpaired) electrons. The van der Waals surface area contributed by atoms with Crippen LogP contribution in [0.4, 0.5) is 15.9 Å². The second-order valence-corrected chi connectivity index (χ2v) is 11.4. The summed E-state index contributed by atoms with van der Waals surface area (Å²) in [6, 6.07) is 6.36. The second-order valence-electron chi connectivity index (χ2n) is 8.71. The van der Waals surface area contributed by atoms with Crippen LogP contribution >= 0.6 is 23.2 Å². The van der Waals surface area contributed by atoms with Gasteiger partial charge in [0.05, 0.1) is 47.1 Å². The number of nitrogens with zero attached hydrogens (tertiary/aromatic N) is 3. The summed E-state index contributed by atoms with van der Waals surface area (Å²) >= 11 is 11.8. The van der Waals surface area contributed by atoms with E-state index in [9.17, 15) is 17.6 Å². The molecule has 0 aliphatic carbocycles. The number of hydrogen-bond donors (Lipinski definition) is 1. The van der Waals surface area contributed by atoms with E-state index in [2.05, 4.69) is 15.3 Å². The minimum absolute atomic E-state index is 0.0154. The van der Waals surface area contributed by atoms with Crippen molar-refractivity contribution in [2.75, 3.05) is 37.9 Å². The first kappa shape index (κ1) is 29.1. The molecule has 10 nitrogen and oxygen atoms in total. The van der Waals surface area contributed by atoms with Gasteiger partial charge in [-0.1, -0.05) is 23.2 Å². The average molecular weight is 601 g/mol. The van der Waals surface area contributed by atoms with Crippen molar-refractivity contribution < 1.29 is 31.3 Å². The third-order valence-corrected chi connectivity index (χ3v) is 8.24. The maximum Gasteiger partial charge on any atom is 0.267 e. The first-order valence-corrected chi connectivity index (χ1v) is 14.5. The third kappa shape index (κ3) is 6.99. The van der Waals surface area contributed by atoms with Crippen molar-refractivity contribution in [2.45, 2.75) is 32.3 Å². The third-order valence-electron chi connectivity index (χ3n) is 6.23. The van der Waals surface area contributed by atoms with E-state index in [0.29, 0.717) is 54.2 Å². The van der Waals surface area contributed by atoms with Crippen LogP contribution in [0, 0.1) is 5.82 Å². The number of anilines is 2. The van der Waals surface area contributed by atoms with Gasteiger partial charge in [-0.2, -0.15) is 8.42 Å². The molecule has 3 aromatic rings. The summed E-state index contributed by atoms with van der Waals surface area (Å²) in [6.07, 6.45) is 2.25. The number of amides is 1. The van der Waals surface area contributed by atoms with Crippen LogP contribution in [-0.2, 0) is 19.1 Å². The van der Waals surface area contributed by atoms with E-state index >= 15 is 0 Å². The Balaban J connectivity index is 1.46. The quantitative estimate of drug-likeness (QED) is 0.254. The van der Waals surface area contributed by atoms with Crippen LogP contribution in [0.3, 0.4) is 0 Å². The molecule has 1 N–H and O–H groups in total. The average Bonchev–Trinajstić information content (AvgIpc) is 2.93. The normalized spacial score (nSPS) is 14.4. The predicted octanol–water partition coefficient (Wildman–Crippen LogP) is 4.95. The number of carbonyl (C=O) groups excluding carboxylic acids is 1. The van der Waals surface area contributed by atoms with Gasteiger partial charge in [0.15, 0.2) is 17.3 Å². The van der Waals surface area contributed by atoms with Gasteiger partial charge in [0, 0.05) is 37.4 Å². The molecule has 1 aromatic heterocycles. The van der Waals surface area contributed by atoms with E-state index in [4.69, 9.17) is 36.9 Å². The highest BCUT2D eigenvalue weighted by Crippen LogP contribution is 2.37. The number of aromatic nitrogens is 2. The number of hydrogen-bond acceptors (Lipinski definition) is 9. The van der Waals surface area contributed by atoms with Crippen LogP contribution in [0.1, 0.15) is 26.2 Å². The Bertz CT molecular complexity index is 1470. The summed E-state index contributed by atoms with van der Waals surface area (Å²) in [4.78, 5) is 22.7. The lowest BCUT2D eigenvalue weighted by Crippen LogP contribution is -2.42. The largest absolute Gasteiger partial charge is 0.493 e. The molecule has 2 heterocycles. The van der Waals surface area contributed by atoms with Crippen molar-refractivity contribution in [1.82, 2.24) is 14.9 Å². The van der Waals surface area contributed by atoms with E-state index in [-0.39, 0.29) is 46.5 Å². The standard InChI is InChI=1S/C25H27Cl2FN4O6S/c1-3-39(34,35)37-11-8-22(33)32-9-6-15(7-10-32)38-21-12-16-19(13-20(21)36-2)29-14-30-25(16)31-18-5-4-17(26)23(27)24(18)28/h4-5,12-15H,3,6-11H2,1-2H3,(H,29,30,31). The number of halogens is 3. The number of ether oxygens (including phenoxy) is 2. The predicted molar refractivity (Wildman–Crippen MR) is 146 cm³/mol. The zero-order chi connectivity index (χ0) is 28.2. The van der Waals surface area contributed by atoms with E-state index in [0.717, 1.165) is 0 Å². The topological polar surface area (TPSA) is 120 Å². The van der Waals surface area contributed by atoms with Gasteiger partial charge in [0.1, 0.15) is 18.2 Å². The molecule has 14 heteroatoms. The maximum atomic E-state index is 14.7. The van der Waals surface area contributed by atoms with Gasteiger partial charge in [-0.3, -0.25) is 8.98 Å². The SMILES string of the molecule is CCS(=O)(=O)OCCC(=O)N1CCC(Oc2cc3c(Nc4ccc(Cl)c(Cl)c4F)ncnc3cc2OC)CC1. The molecule has 1 fully saturated rings. The number of likely N-dealkylation sites (tertiary alicyclic amines) is 1. The van der Waals surface area contributed by atoms with Crippen molar-refractivity contribution in [3.63, 3.8) is 0 Å². The monoisotopic (exact) mass is 600 g/mol. The van der Waals surface area contributed by atoms with Crippen molar-refractivity contribution in [1.29, 1.82) is 0 Å². The molecule has 1 amide bonds. The van der Waals surface area contributed by atoms with Gasteiger partial charge in [0.25, 0.3) is 10.1 Å². The Morgan fingerprint density at radius 1 is 1.18 bits per heavy atom. The van der Waals surface area contributed by atoms with Crippen LogP contribution in [0.15, 0.2) is 30.6 Å². The van der Waals surface area contributed by atoms with Crippen molar-refractivity contribution in [2.24, 2.45) is 0 Å². The van der Waals surface area contributed by atoms with Crippen LogP contribution < -0.4 is 14.8 Å². The molecule has 0 saturated carbocycles. The number of rotatable bonds is 10. The fourth-order valence-corrected chi connectivity index (χ4v) is 4.88. The summed E-state index contributed by atoms with van der Waals surface area (Å²) in [5, 5.41) is 3.40. The molecular weight excluding hydrogens is 574 g/mol. The summed E-state index contributed by atoms with van der Waals surface area (Å²) in [5.41, 5.74) is 0.641. The van der Waals surface area contributed by atoms with Gasteiger partial charge in [0.2, 0.25) is 5.91 Å². The fourth-order valence-electron chi connectivity index (χ4n) is 4.07. The lowest BCUT2D eigenvalue weighted by Gasteiger charge is -2.32. The van der Waals surface area contributed by atoms with Crippen LogP contribution in [0.5, 0.6) is 11.5 Å². The zero-order valence-electron chi connectivity index (χ0n) is 21.2. The molecule has 1 saturated heterocycles. The minimum atomic E-state index is -3.58. The lowest BCUT2D eigenvalue weighted by atomic mass is 10.1. The Hall–Kier alpha value is -2.93. The van der Waals surface area contributed by atoms with Crippen LogP contribution in [0.2, 0.25) is 10.0 Å². The highest BCUT2D eigenvalue weighted by molar-refractivity contribution is 7.86. The van der Waals surface area contributed by atoms with Gasteiger partial charge in [-0.25, -0.2) is 14.4 Å². The van der Waals surface area contributed by atoms with Crippen LogP contribution in [0.25, 0.3) is 10.9 Å². The van der Waals surface area contributed by atoms with Crippen molar-refractivity contribution >= 4 is 61.6 Å². The molecule has 0 atom stereocenters. The first-order chi connectivity index (χ1) is 18.6. The van der Waals surface area contributed by atoms with Crippen LogP contribution in [-0.4, -0.2) is 67.9 Å². The van der Waals surface area contributed by atoms with Gasteiger partial charge in [-0.05, 0) is 25.1 Å². The summed E-state index contributed by atoms with van der Waals surface area (Å²) < 4.78 is 54.1. The minimum Gasteiger partial charge on any atom is -0.493 e. The number of nitrogens with one attached hydrogen (secondary N) is 1. The molecular formula is C25H27Cl2FN4O6S. The number of piperidine rings is 1. The fraction of sp³-hybridized carbons (Fsp3) is 0.400. The highest BCUT2D eigenvalue weighted by atomic mass is 35.5. The van der Waals surface area contributed by atoms with E-state index in [1.54, 1.807) is 17.0 Å². The number of carbonyl (C=O) groups is 1. The molecule has 0 bridgehead atoms. The molecule has 1 aliphatic rings. The van der Waals surface area contributed by atoms with Crippen molar-refractivity contribution in [3.05, 3.63) is 46.5 Å². The second kappa shape index (κ2) is 12.5. The molecule has 2 aromatic carbocycles. The van der Waals surface area contributed by atoms with Gasteiger partial charge in [-0.15, -0.1) is 0 Å². The molecule has 1 aliphatic heterocycles. The summed E-state index contributed by atoms with van der Waals surface area (Å²) in [7, 11) is -2.07. The Morgan fingerprint density at radius 2 is 1.92 bits per heavy atom. The Kier molecular flexibility index (Phi) is 9.31. The molecule has 4 rings (SSSR count). The molecule has 0 unspecified atom stereocenters. The van der Waals surface area contributed by atoms with Crippen molar-refractivity contribution in [3.8, 4) is 11.5 Å². The van der Waals surface area contributed by atoms with E-state index < -0.39 is 15.9 Å². The number of fused-ring (bicyclic) bond motifs is 1. The highest BCUT2D eigenvalue weighted by Gasteiger charge is 2.25. The number of benzene rings is 2. The zero-order valence-corrected chi connectivity index (χ0v) is 23.6. The van der Waals surface area contributed by atoms with Gasteiger partial charge >= 0.3 is 0 Å². The smallest absolute Gasteiger partial charge is 0.267 e. The maximum absolute atomic E-state index is 14.7. The Morgan fingerprint density at radius 3 is 2.62 bits per heavy atom. The summed E-state index contributed by atoms with van der Waals surface area (Å²) in [5.74, 6) is 0.211. The lowest BCUT2D eigenvalue weighted by molar-refractivity contribution is -0.133. The number of methoxy groups -OCH3 is 1. The first-order valence-electron chi connectivity index (χ1n) is 12.2. The molecule has 39 heavy (non-hydrogen) atoms. The van der Waals surface area contributed by atoms with E-state index in [1.165, 1.54) is 32.5 Å². The van der Waals surface area contributed by atoms with Gasteiger partial charge < -0.3 is 19.7 Å². The molecule has 0 spiro atoms. The Labute approximate surface area is 235 Å². The van der Waals surface area contributed by atoms with E-state index in [1.807, 2.05) is 0 Å². The molecule has 210 valence electrons.